The molecule has 1 heterocycles. The van der Waals surface area contributed by atoms with Gasteiger partial charge in [0.25, 0.3) is 0 Å². The van der Waals surface area contributed by atoms with Gasteiger partial charge >= 0.3 is 6.18 Å². The van der Waals surface area contributed by atoms with Crippen LogP contribution in [0.25, 0.3) is 0 Å². The molecule has 38 heavy (non-hydrogen) atoms. The average Bonchev–Trinajstić information content (AvgIpc) is 3.30. The Hall–Kier alpha value is -1.41. The molecule has 0 saturated heterocycles. The Kier molecular flexibility index (Phi) is 7.94. The molecule has 210 valence electrons. The predicted octanol–water partition coefficient (Wildman–Crippen LogP) is 9.53. The van der Waals surface area contributed by atoms with E-state index in [-0.39, 0.29) is 27.6 Å². The van der Waals surface area contributed by atoms with E-state index in [4.69, 9.17) is 21.0 Å². The fraction of sp³-hybridized carbons (Fsp3) is 0.633. The Morgan fingerprint density at radius 3 is 2.16 bits per heavy atom. The molecule has 2 aromatic rings. The zero-order chi connectivity index (χ0) is 28.3. The number of fused-ring (bicyclic) bond motifs is 1. The summed E-state index contributed by atoms with van der Waals surface area (Å²) < 4.78 is 46.6. The van der Waals surface area contributed by atoms with Crippen molar-refractivity contribution in [2.24, 2.45) is 5.41 Å². The predicted molar refractivity (Wildman–Crippen MR) is 149 cm³/mol. The van der Waals surface area contributed by atoms with Crippen LogP contribution in [0.1, 0.15) is 118 Å². The van der Waals surface area contributed by atoms with E-state index in [1.807, 2.05) is 0 Å². The second-order valence-electron chi connectivity index (χ2n) is 13.5. The molecule has 1 unspecified atom stereocenters. The SMILES string of the molecule is CC1(C)Cc2nc(Cl)c(C(O)c3ccc(C(F)(F)F)cc3)c(C3CCCC3)c2[C@@H](O[Si](C)(C)C(C)(C)C)C1. The van der Waals surface area contributed by atoms with Gasteiger partial charge in [0, 0.05) is 16.8 Å². The van der Waals surface area contributed by atoms with Crippen LogP contribution in [0.15, 0.2) is 24.3 Å². The number of hydrogen-bond donors (Lipinski definition) is 1. The fourth-order valence-electron chi connectivity index (χ4n) is 5.84. The number of nitrogens with zero attached hydrogens (tertiary/aromatic N) is 1. The molecule has 0 bridgehead atoms. The molecule has 2 atom stereocenters. The van der Waals surface area contributed by atoms with E-state index in [0.717, 1.165) is 67.5 Å². The van der Waals surface area contributed by atoms with Gasteiger partial charge in [-0.1, -0.05) is 71.2 Å². The van der Waals surface area contributed by atoms with E-state index in [9.17, 15) is 18.3 Å². The number of rotatable bonds is 5. The van der Waals surface area contributed by atoms with Crippen LogP contribution in [0.2, 0.25) is 23.3 Å². The second kappa shape index (κ2) is 10.2. The highest BCUT2D eigenvalue weighted by Crippen LogP contribution is 2.53. The summed E-state index contributed by atoms with van der Waals surface area (Å²) in [5, 5.41) is 11.9. The third kappa shape index (κ3) is 5.86. The lowest BCUT2D eigenvalue weighted by Crippen LogP contribution is -2.44. The van der Waals surface area contributed by atoms with Crippen molar-refractivity contribution in [3.8, 4) is 0 Å². The highest BCUT2D eigenvalue weighted by molar-refractivity contribution is 6.74. The quantitative estimate of drug-likeness (QED) is 0.289. The average molecular weight is 568 g/mol. The minimum atomic E-state index is -4.44. The highest BCUT2D eigenvalue weighted by Gasteiger charge is 2.45. The number of pyridine rings is 1. The van der Waals surface area contributed by atoms with Crippen LogP contribution in [0, 0.1) is 5.41 Å². The summed E-state index contributed by atoms with van der Waals surface area (Å²) in [6.45, 7) is 15.7. The van der Waals surface area contributed by atoms with Gasteiger partial charge in [0.1, 0.15) is 11.3 Å². The van der Waals surface area contributed by atoms with Crippen molar-refractivity contribution < 1.29 is 22.7 Å². The first-order valence-corrected chi connectivity index (χ1v) is 16.9. The third-order valence-electron chi connectivity index (χ3n) is 8.89. The fourth-order valence-corrected chi connectivity index (χ4v) is 7.42. The molecule has 2 aliphatic carbocycles. The smallest absolute Gasteiger partial charge is 0.410 e. The molecule has 0 radical (unpaired) electrons. The van der Waals surface area contributed by atoms with E-state index in [2.05, 4.69) is 47.7 Å². The van der Waals surface area contributed by atoms with Crippen LogP contribution in [0.3, 0.4) is 0 Å². The summed E-state index contributed by atoms with van der Waals surface area (Å²) in [6, 6.07) is 4.71. The van der Waals surface area contributed by atoms with Crippen LogP contribution in [-0.2, 0) is 17.0 Å². The highest BCUT2D eigenvalue weighted by atomic mass is 35.5. The van der Waals surface area contributed by atoms with Crippen LogP contribution >= 0.6 is 11.6 Å². The maximum atomic E-state index is 13.2. The Bertz CT molecular complexity index is 1170. The number of aliphatic hydroxyl groups excluding tert-OH is 1. The van der Waals surface area contributed by atoms with Gasteiger partial charge in [-0.2, -0.15) is 13.2 Å². The number of aromatic nitrogens is 1. The molecular formula is C30H41ClF3NO2Si. The minimum absolute atomic E-state index is 0.0186. The zero-order valence-electron chi connectivity index (χ0n) is 23.6. The topological polar surface area (TPSA) is 42.4 Å². The number of alkyl halides is 3. The number of aliphatic hydroxyl groups is 1. The number of halogens is 4. The first-order chi connectivity index (χ1) is 17.4. The number of hydrogen-bond acceptors (Lipinski definition) is 3. The van der Waals surface area contributed by atoms with E-state index < -0.39 is 26.2 Å². The molecule has 0 amide bonds. The molecule has 0 spiro atoms. The molecule has 1 saturated carbocycles. The van der Waals surface area contributed by atoms with Gasteiger partial charge in [0.05, 0.1) is 11.7 Å². The van der Waals surface area contributed by atoms with E-state index >= 15 is 0 Å². The molecule has 8 heteroatoms. The van der Waals surface area contributed by atoms with E-state index in [0.29, 0.717) is 11.1 Å². The summed E-state index contributed by atoms with van der Waals surface area (Å²) in [5.74, 6) is 0.204. The molecule has 0 aliphatic heterocycles. The van der Waals surface area contributed by atoms with E-state index in [1.165, 1.54) is 12.1 Å². The summed E-state index contributed by atoms with van der Waals surface area (Å²) in [5.41, 5.74) is 3.14. The van der Waals surface area contributed by atoms with Crippen LogP contribution in [0.4, 0.5) is 13.2 Å². The van der Waals surface area contributed by atoms with Crippen molar-refractivity contribution in [3.63, 3.8) is 0 Å². The molecule has 1 aromatic heterocycles. The summed E-state index contributed by atoms with van der Waals surface area (Å²) in [6.07, 6.45) is -0.0460. The summed E-state index contributed by atoms with van der Waals surface area (Å²) in [7, 11) is -2.16. The van der Waals surface area contributed by atoms with Gasteiger partial charge in [-0.05, 0) is 78.4 Å². The Balaban J connectivity index is 1.90. The summed E-state index contributed by atoms with van der Waals surface area (Å²) in [4.78, 5) is 4.85. The van der Waals surface area contributed by atoms with Gasteiger partial charge in [0.2, 0.25) is 0 Å². The standard InChI is InChI=1S/C30H41ClF3NO2Si/c1-28(2,3)38(6,7)37-22-17-29(4,5)16-21-24(22)23(18-10-8-9-11-18)25(27(31)35-21)26(36)19-12-14-20(15-13-19)30(32,33)34/h12-15,18,22,26,36H,8-11,16-17H2,1-7H3/t22-,26?/m0/s1. The Labute approximate surface area is 231 Å². The molecular weight excluding hydrogens is 527 g/mol. The molecule has 1 aromatic carbocycles. The molecule has 4 rings (SSSR count). The van der Waals surface area contributed by atoms with Crippen LogP contribution in [0.5, 0.6) is 0 Å². The normalized spacial score (nSPS) is 21.4. The Morgan fingerprint density at radius 1 is 1.05 bits per heavy atom. The molecule has 2 aliphatic rings. The minimum Gasteiger partial charge on any atom is -0.410 e. The molecule has 3 nitrogen and oxygen atoms in total. The van der Waals surface area contributed by atoms with Crippen molar-refractivity contribution in [2.75, 3.05) is 0 Å². The maximum Gasteiger partial charge on any atom is 0.416 e. The van der Waals surface area contributed by atoms with Crippen molar-refractivity contribution in [2.45, 2.75) is 116 Å². The lowest BCUT2D eigenvalue weighted by atomic mass is 9.71. The first kappa shape index (κ1) is 29.6. The lowest BCUT2D eigenvalue weighted by Gasteiger charge is -2.45. The van der Waals surface area contributed by atoms with Crippen molar-refractivity contribution in [1.82, 2.24) is 4.98 Å². The van der Waals surface area contributed by atoms with Crippen LogP contribution in [-0.4, -0.2) is 18.4 Å². The van der Waals surface area contributed by atoms with Gasteiger partial charge in [0.15, 0.2) is 8.32 Å². The van der Waals surface area contributed by atoms with E-state index in [1.54, 1.807) is 0 Å². The van der Waals surface area contributed by atoms with Gasteiger partial charge in [-0.25, -0.2) is 4.98 Å². The lowest BCUT2D eigenvalue weighted by molar-refractivity contribution is -0.137. The van der Waals surface area contributed by atoms with Crippen LogP contribution < -0.4 is 0 Å². The third-order valence-corrected chi connectivity index (χ3v) is 13.7. The first-order valence-electron chi connectivity index (χ1n) is 13.7. The van der Waals surface area contributed by atoms with Gasteiger partial charge in [-0.3, -0.25) is 0 Å². The van der Waals surface area contributed by atoms with Gasteiger partial charge < -0.3 is 9.53 Å². The largest absolute Gasteiger partial charge is 0.416 e. The van der Waals surface area contributed by atoms with Crippen molar-refractivity contribution >= 4 is 19.9 Å². The van der Waals surface area contributed by atoms with Gasteiger partial charge in [-0.15, -0.1) is 0 Å². The van der Waals surface area contributed by atoms with Crippen molar-refractivity contribution in [3.05, 3.63) is 62.9 Å². The second-order valence-corrected chi connectivity index (χ2v) is 18.6. The molecule has 1 N–H and O–H groups in total. The summed E-state index contributed by atoms with van der Waals surface area (Å²) >= 11 is 6.86. The molecule has 1 fully saturated rings. The Morgan fingerprint density at radius 2 is 1.63 bits per heavy atom. The maximum absolute atomic E-state index is 13.2. The number of benzene rings is 1. The van der Waals surface area contributed by atoms with Crippen molar-refractivity contribution in [1.29, 1.82) is 0 Å². The zero-order valence-corrected chi connectivity index (χ0v) is 25.4. The monoisotopic (exact) mass is 567 g/mol.